The van der Waals surface area contributed by atoms with E-state index < -0.39 is 11.5 Å². The lowest BCUT2D eigenvalue weighted by molar-refractivity contribution is -0.145. The maximum Gasteiger partial charge on any atom is 0.329 e. The van der Waals surface area contributed by atoms with Crippen LogP contribution in [0.15, 0.2) is 0 Å². The normalized spacial score (nSPS) is 26.8. The average Bonchev–Trinajstić information content (AvgIpc) is 2.39. The van der Waals surface area contributed by atoms with Gasteiger partial charge in [-0.25, -0.2) is 9.59 Å². The van der Waals surface area contributed by atoms with Crippen LogP contribution in [0.4, 0.5) is 4.79 Å². The largest absolute Gasteiger partial charge is 0.480 e. The van der Waals surface area contributed by atoms with E-state index in [2.05, 4.69) is 15.5 Å². The first-order valence-electron chi connectivity index (χ1n) is 7.52. The van der Waals surface area contributed by atoms with Gasteiger partial charge in [0.05, 0.1) is 0 Å². The van der Waals surface area contributed by atoms with E-state index in [1.807, 2.05) is 7.05 Å². The molecule has 2 fully saturated rings. The van der Waals surface area contributed by atoms with Gasteiger partial charge < -0.3 is 20.6 Å². The zero-order valence-electron chi connectivity index (χ0n) is 12.2. The number of aliphatic carboxylic acids is 1. The second kappa shape index (κ2) is 6.43. The summed E-state index contributed by atoms with van der Waals surface area (Å²) in [5, 5.41) is 15.1. The van der Waals surface area contributed by atoms with Crippen molar-refractivity contribution in [1.82, 2.24) is 15.5 Å². The van der Waals surface area contributed by atoms with Crippen molar-refractivity contribution in [3.8, 4) is 0 Å². The molecule has 0 aromatic rings. The highest BCUT2D eigenvalue weighted by molar-refractivity contribution is 5.86. The summed E-state index contributed by atoms with van der Waals surface area (Å²) in [4.78, 5) is 25.8. The number of rotatable bonds is 3. The van der Waals surface area contributed by atoms with Crippen molar-refractivity contribution in [3.05, 3.63) is 0 Å². The minimum atomic E-state index is -1.07. The molecule has 1 atom stereocenters. The Bertz CT molecular complexity index is 367. The highest BCUT2D eigenvalue weighted by Gasteiger charge is 2.41. The Kier molecular flexibility index (Phi) is 4.86. The van der Waals surface area contributed by atoms with Gasteiger partial charge in [0.15, 0.2) is 0 Å². The predicted octanol–water partition coefficient (Wildman–Crippen LogP) is 1.17. The van der Waals surface area contributed by atoms with Crippen LogP contribution in [0.1, 0.15) is 44.9 Å². The molecule has 2 aliphatic rings. The zero-order chi connectivity index (χ0) is 14.6. The summed E-state index contributed by atoms with van der Waals surface area (Å²) in [5.41, 5.74) is -1.07. The molecule has 114 valence electrons. The van der Waals surface area contributed by atoms with Crippen molar-refractivity contribution in [2.24, 2.45) is 0 Å². The summed E-state index contributed by atoms with van der Waals surface area (Å²) in [7, 11) is 2.03. The topological polar surface area (TPSA) is 81.7 Å². The monoisotopic (exact) mass is 283 g/mol. The van der Waals surface area contributed by atoms with Crippen molar-refractivity contribution in [1.29, 1.82) is 0 Å². The van der Waals surface area contributed by atoms with Crippen LogP contribution in [-0.4, -0.2) is 53.7 Å². The van der Waals surface area contributed by atoms with Crippen LogP contribution >= 0.6 is 0 Å². The molecule has 6 heteroatoms. The van der Waals surface area contributed by atoms with Crippen molar-refractivity contribution in [3.63, 3.8) is 0 Å². The third-order valence-electron chi connectivity index (χ3n) is 4.43. The molecule has 1 aliphatic heterocycles. The molecule has 6 nitrogen and oxygen atoms in total. The number of likely N-dealkylation sites (tertiary alicyclic amines) is 1. The number of piperidine rings is 1. The van der Waals surface area contributed by atoms with Crippen LogP contribution in [-0.2, 0) is 4.79 Å². The number of likely N-dealkylation sites (N-methyl/N-ethyl adjacent to an activating group) is 1. The molecular weight excluding hydrogens is 258 g/mol. The number of nitrogens with one attached hydrogen (secondary N) is 2. The van der Waals surface area contributed by atoms with Gasteiger partial charge in [0.2, 0.25) is 0 Å². The van der Waals surface area contributed by atoms with Gasteiger partial charge in [-0.2, -0.15) is 0 Å². The smallest absolute Gasteiger partial charge is 0.329 e. The van der Waals surface area contributed by atoms with Crippen molar-refractivity contribution in [2.45, 2.75) is 56.5 Å². The molecule has 0 bridgehead atoms. The lowest BCUT2D eigenvalue weighted by atomic mass is 9.82. The Hall–Kier alpha value is -1.30. The summed E-state index contributed by atoms with van der Waals surface area (Å²) in [6, 6.07) is -0.224. The van der Waals surface area contributed by atoms with E-state index in [4.69, 9.17) is 0 Å². The molecule has 2 rings (SSSR count). The van der Waals surface area contributed by atoms with Gasteiger partial charge in [0.1, 0.15) is 5.54 Å². The SMILES string of the molecule is CN1CCCC(NC(=O)NC2(C(=O)O)CCCCC2)C1. The maximum atomic E-state index is 12.1. The number of carboxylic acids is 1. The van der Waals surface area contributed by atoms with E-state index in [1.54, 1.807) is 0 Å². The molecule has 1 unspecified atom stereocenters. The van der Waals surface area contributed by atoms with Crippen LogP contribution in [0, 0.1) is 0 Å². The first-order valence-corrected chi connectivity index (χ1v) is 7.52. The number of carbonyl (C=O) groups is 2. The molecule has 1 saturated heterocycles. The highest BCUT2D eigenvalue weighted by Crippen LogP contribution is 2.28. The summed E-state index contributed by atoms with van der Waals surface area (Å²) in [5.74, 6) is -0.909. The number of carboxylic acid groups (broad SMARTS) is 1. The number of nitrogens with zero attached hydrogens (tertiary/aromatic N) is 1. The van der Waals surface area contributed by atoms with E-state index >= 15 is 0 Å². The Morgan fingerprint density at radius 3 is 2.50 bits per heavy atom. The second-order valence-corrected chi connectivity index (χ2v) is 6.15. The quantitative estimate of drug-likeness (QED) is 0.726. The summed E-state index contributed by atoms with van der Waals surface area (Å²) < 4.78 is 0. The second-order valence-electron chi connectivity index (χ2n) is 6.15. The predicted molar refractivity (Wildman–Crippen MR) is 75.6 cm³/mol. The van der Waals surface area contributed by atoms with Crippen LogP contribution in [0.5, 0.6) is 0 Å². The molecule has 0 spiro atoms. The third-order valence-corrected chi connectivity index (χ3v) is 4.43. The van der Waals surface area contributed by atoms with Gasteiger partial charge in [-0.3, -0.25) is 0 Å². The Labute approximate surface area is 119 Å². The minimum Gasteiger partial charge on any atom is -0.480 e. The van der Waals surface area contributed by atoms with Gasteiger partial charge in [-0.15, -0.1) is 0 Å². The van der Waals surface area contributed by atoms with E-state index in [0.717, 1.165) is 45.2 Å². The molecule has 1 heterocycles. The number of hydrogen-bond acceptors (Lipinski definition) is 3. The molecule has 20 heavy (non-hydrogen) atoms. The molecule has 2 amide bonds. The fourth-order valence-corrected chi connectivity index (χ4v) is 3.27. The Morgan fingerprint density at radius 1 is 1.20 bits per heavy atom. The molecule has 3 N–H and O–H groups in total. The lowest BCUT2D eigenvalue weighted by Gasteiger charge is -2.35. The lowest BCUT2D eigenvalue weighted by Crippen LogP contribution is -2.60. The molecule has 1 saturated carbocycles. The van der Waals surface area contributed by atoms with Crippen LogP contribution < -0.4 is 10.6 Å². The van der Waals surface area contributed by atoms with Gasteiger partial charge in [0, 0.05) is 12.6 Å². The van der Waals surface area contributed by atoms with E-state index in [1.165, 1.54) is 0 Å². The van der Waals surface area contributed by atoms with Crippen LogP contribution in [0.3, 0.4) is 0 Å². The highest BCUT2D eigenvalue weighted by atomic mass is 16.4. The number of urea groups is 1. The molecular formula is C14H25N3O3. The van der Waals surface area contributed by atoms with Crippen molar-refractivity contribution < 1.29 is 14.7 Å². The first-order chi connectivity index (χ1) is 9.52. The standard InChI is InChI=1S/C14H25N3O3/c1-17-9-5-6-11(10-17)15-13(20)16-14(12(18)19)7-3-2-4-8-14/h11H,2-10H2,1H3,(H,18,19)(H2,15,16,20). The number of hydrogen-bond donors (Lipinski definition) is 3. The summed E-state index contributed by atoms with van der Waals surface area (Å²) in [6.45, 7) is 1.88. The first kappa shape index (κ1) is 15.1. The van der Waals surface area contributed by atoms with Crippen LogP contribution in [0.25, 0.3) is 0 Å². The molecule has 0 aromatic carbocycles. The average molecular weight is 283 g/mol. The molecule has 1 aliphatic carbocycles. The van der Waals surface area contributed by atoms with Crippen molar-refractivity contribution in [2.75, 3.05) is 20.1 Å². The van der Waals surface area contributed by atoms with Gasteiger partial charge >= 0.3 is 12.0 Å². The minimum absolute atomic E-state index is 0.114. The summed E-state index contributed by atoms with van der Waals surface area (Å²) >= 11 is 0. The van der Waals surface area contributed by atoms with Gasteiger partial charge in [-0.1, -0.05) is 19.3 Å². The number of amides is 2. The maximum absolute atomic E-state index is 12.1. The van der Waals surface area contributed by atoms with E-state index in [9.17, 15) is 14.7 Å². The summed E-state index contributed by atoms with van der Waals surface area (Å²) in [6.07, 6.45) is 5.84. The van der Waals surface area contributed by atoms with E-state index in [-0.39, 0.29) is 12.1 Å². The Morgan fingerprint density at radius 2 is 1.90 bits per heavy atom. The molecule has 0 aromatic heterocycles. The van der Waals surface area contributed by atoms with Crippen molar-refractivity contribution >= 4 is 12.0 Å². The van der Waals surface area contributed by atoms with E-state index in [0.29, 0.717) is 12.8 Å². The number of carbonyl (C=O) groups excluding carboxylic acids is 1. The zero-order valence-corrected chi connectivity index (χ0v) is 12.2. The molecule has 0 radical (unpaired) electrons. The fraction of sp³-hybridized carbons (Fsp3) is 0.857. The third kappa shape index (κ3) is 3.62. The van der Waals surface area contributed by atoms with Gasteiger partial charge in [0.25, 0.3) is 0 Å². The fourth-order valence-electron chi connectivity index (χ4n) is 3.27. The Balaban J connectivity index is 1.90. The van der Waals surface area contributed by atoms with Crippen LogP contribution in [0.2, 0.25) is 0 Å². The van der Waals surface area contributed by atoms with Gasteiger partial charge in [-0.05, 0) is 39.3 Å².